The van der Waals surface area contributed by atoms with Gasteiger partial charge in [-0.15, -0.1) is 0 Å². The van der Waals surface area contributed by atoms with E-state index in [-0.39, 0.29) is 24.7 Å². The van der Waals surface area contributed by atoms with Gasteiger partial charge in [0.05, 0.1) is 13.7 Å². The Morgan fingerprint density at radius 2 is 2.04 bits per heavy atom. The zero-order valence-corrected chi connectivity index (χ0v) is 14.8. The maximum Gasteiger partial charge on any atom is 0.323 e. The molecule has 0 heterocycles. The molecule has 0 aliphatic heterocycles. The molecule has 0 aromatic heterocycles. The molecule has 2 rings (SSSR count). The number of likely N-dealkylation sites (N-methyl/N-ethyl adjacent to an activating group) is 1. The number of alkyl halides is 2. The van der Waals surface area contributed by atoms with E-state index >= 15 is 0 Å². The van der Waals surface area contributed by atoms with Crippen LogP contribution in [0.3, 0.4) is 0 Å². The zero-order valence-electron chi connectivity index (χ0n) is 14.8. The highest BCUT2D eigenvalue weighted by atomic mass is 19.3. The molecule has 1 saturated carbocycles. The molecule has 25 heavy (non-hydrogen) atoms. The Hall–Kier alpha value is -1.76. The molecule has 1 N–H and O–H groups in total. The largest absolute Gasteiger partial charge is 0.468 e. The molecule has 142 valence electrons. The van der Waals surface area contributed by atoms with Crippen molar-refractivity contribution >= 4 is 12.4 Å². The van der Waals surface area contributed by atoms with Crippen molar-refractivity contribution in [1.29, 1.82) is 0 Å². The fourth-order valence-corrected chi connectivity index (χ4v) is 2.99. The van der Waals surface area contributed by atoms with Crippen LogP contribution >= 0.6 is 0 Å². The van der Waals surface area contributed by atoms with Gasteiger partial charge in [-0.1, -0.05) is 24.3 Å². The molecular weight excluding hydrogens is 332 g/mol. The van der Waals surface area contributed by atoms with E-state index in [4.69, 9.17) is 0 Å². The lowest BCUT2D eigenvalue weighted by Crippen LogP contribution is -2.44. The minimum Gasteiger partial charge on any atom is -0.468 e. The molecule has 2 atom stereocenters. The third kappa shape index (κ3) is 7.77. The van der Waals surface area contributed by atoms with E-state index in [2.05, 4.69) is 20.9 Å². The molecule has 0 radical (unpaired) electrons. The van der Waals surface area contributed by atoms with Gasteiger partial charge in [-0.05, 0) is 32.2 Å². The zero-order chi connectivity index (χ0) is 18.7. The first-order valence-electron chi connectivity index (χ1n) is 8.45. The summed E-state index contributed by atoms with van der Waals surface area (Å²) in [4.78, 5) is 21.1. The van der Waals surface area contributed by atoms with Crippen molar-refractivity contribution in [2.75, 3.05) is 20.8 Å². The van der Waals surface area contributed by atoms with Crippen LogP contribution in [-0.4, -0.2) is 45.2 Å². The molecule has 0 saturated heterocycles. The quantitative estimate of drug-likeness (QED) is 0.584. The number of methoxy groups -OCH3 is 1. The summed E-state index contributed by atoms with van der Waals surface area (Å²) in [5, 5.41) is 2.83. The van der Waals surface area contributed by atoms with Crippen LogP contribution in [0.5, 0.6) is 0 Å². The van der Waals surface area contributed by atoms with Gasteiger partial charge in [-0.3, -0.25) is 9.59 Å². The van der Waals surface area contributed by atoms with E-state index in [1.807, 2.05) is 18.2 Å². The predicted molar refractivity (Wildman–Crippen MR) is 90.2 cm³/mol. The van der Waals surface area contributed by atoms with Gasteiger partial charge >= 0.3 is 5.97 Å². The monoisotopic (exact) mass is 359 g/mol. The Kier molecular flexibility index (Phi) is 9.34. The van der Waals surface area contributed by atoms with Gasteiger partial charge in [0.15, 0.2) is 0 Å². The Morgan fingerprint density at radius 1 is 1.36 bits per heavy atom. The van der Waals surface area contributed by atoms with Gasteiger partial charge in [0.2, 0.25) is 5.92 Å². The number of nitrogens with one attached hydrogen (secondary N) is 1. The first kappa shape index (κ1) is 21.3. The minimum absolute atomic E-state index is 0.0397. The van der Waals surface area contributed by atoms with Gasteiger partial charge in [0.1, 0.15) is 6.04 Å². The second-order valence-electron chi connectivity index (χ2n) is 6.22. The first-order valence-corrected chi connectivity index (χ1v) is 8.45. The van der Waals surface area contributed by atoms with Crippen LogP contribution in [-0.2, 0) is 19.1 Å². The van der Waals surface area contributed by atoms with Crippen LogP contribution < -0.4 is 5.32 Å². The van der Waals surface area contributed by atoms with Gasteiger partial charge in [-0.25, -0.2) is 8.78 Å². The van der Waals surface area contributed by atoms with Crippen molar-refractivity contribution in [3.63, 3.8) is 0 Å². The van der Waals surface area contributed by atoms with Crippen LogP contribution in [0.25, 0.3) is 0 Å². The Bertz CT molecular complexity index is 470. The summed E-state index contributed by atoms with van der Waals surface area (Å²) in [6, 6.07) is -0.453. The highest BCUT2D eigenvalue weighted by Crippen LogP contribution is 2.37. The molecule has 1 fully saturated rings. The Morgan fingerprint density at radius 3 is 2.52 bits per heavy atom. The molecule has 5 nitrogen and oxygen atoms in total. The van der Waals surface area contributed by atoms with Crippen molar-refractivity contribution in [2.45, 2.75) is 44.1 Å². The summed E-state index contributed by atoms with van der Waals surface area (Å²) in [6.07, 6.45) is 9.54. The number of allylic oxidation sites excluding steroid dienone is 3. The highest BCUT2D eigenvalue weighted by molar-refractivity contribution is 5.76. The molecule has 2 aliphatic carbocycles. The van der Waals surface area contributed by atoms with Gasteiger partial charge in [0, 0.05) is 18.8 Å². The van der Waals surface area contributed by atoms with E-state index in [1.165, 1.54) is 7.11 Å². The topological polar surface area (TPSA) is 64.6 Å². The molecule has 2 unspecified atom stereocenters. The average molecular weight is 359 g/mol. The number of hydrogen-bond acceptors (Lipinski definition) is 5. The number of ether oxygens (including phenoxy) is 2. The van der Waals surface area contributed by atoms with Gasteiger partial charge in [0.25, 0.3) is 6.47 Å². The SMILES string of the molecule is CNC(C(=O)OC)C1CCC(F)(F)CC1.O=COCC1C=CC=CC1. The van der Waals surface area contributed by atoms with Crippen molar-refractivity contribution < 1.29 is 27.8 Å². The molecule has 0 aromatic carbocycles. The molecule has 0 aromatic rings. The molecular formula is C18H27F2NO4. The lowest BCUT2D eigenvalue weighted by molar-refractivity contribution is -0.146. The third-order valence-electron chi connectivity index (χ3n) is 4.45. The summed E-state index contributed by atoms with van der Waals surface area (Å²) in [5.41, 5.74) is 0. The van der Waals surface area contributed by atoms with E-state index < -0.39 is 12.0 Å². The lowest BCUT2D eigenvalue weighted by atomic mass is 9.82. The van der Waals surface area contributed by atoms with E-state index in [0.717, 1.165) is 6.42 Å². The number of halogens is 2. The number of carbonyl (C=O) groups is 2. The minimum atomic E-state index is -2.55. The van der Waals surface area contributed by atoms with E-state index in [9.17, 15) is 18.4 Å². The lowest BCUT2D eigenvalue weighted by Gasteiger charge is -2.32. The average Bonchev–Trinajstić information content (AvgIpc) is 2.63. The second-order valence-corrected chi connectivity index (χ2v) is 6.22. The van der Waals surface area contributed by atoms with Crippen LogP contribution in [0.4, 0.5) is 8.78 Å². The summed E-state index contributed by atoms with van der Waals surface area (Å²) in [7, 11) is 2.96. The third-order valence-corrected chi connectivity index (χ3v) is 4.45. The van der Waals surface area contributed by atoms with Crippen LogP contribution in [0, 0.1) is 11.8 Å². The molecule has 0 bridgehead atoms. The highest BCUT2D eigenvalue weighted by Gasteiger charge is 2.39. The van der Waals surface area contributed by atoms with Crippen LogP contribution in [0.15, 0.2) is 24.3 Å². The van der Waals surface area contributed by atoms with E-state index in [0.29, 0.717) is 31.8 Å². The number of hydrogen-bond donors (Lipinski definition) is 1. The number of rotatable bonds is 6. The smallest absolute Gasteiger partial charge is 0.323 e. The maximum atomic E-state index is 12.9. The van der Waals surface area contributed by atoms with Crippen molar-refractivity contribution in [1.82, 2.24) is 5.32 Å². The van der Waals surface area contributed by atoms with Crippen LogP contribution in [0.1, 0.15) is 32.1 Å². The van der Waals surface area contributed by atoms with E-state index in [1.54, 1.807) is 7.05 Å². The molecule has 0 amide bonds. The fourth-order valence-electron chi connectivity index (χ4n) is 2.99. The molecule has 7 heteroatoms. The maximum absolute atomic E-state index is 12.9. The van der Waals surface area contributed by atoms with Crippen molar-refractivity contribution in [3.8, 4) is 0 Å². The standard InChI is InChI=1S/C10H17F2NO2.C8H10O2/c1-13-8(9(14)15-2)7-3-5-10(11,12)6-4-7;9-7-10-6-8-4-2-1-3-5-8/h7-8,13H,3-6H2,1-2H3;1-4,7-8H,5-6H2. The van der Waals surface area contributed by atoms with Gasteiger partial charge in [-0.2, -0.15) is 0 Å². The molecule has 0 spiro atoms. The predicted octanol–water partition coefficient (Wildman–Crippen LogP) is 2.86. The fraction of sp³-hybridized carbons (Fsp3) is 0.667. The number of carbonyl (C=O) groups excluding carboxylic acids is 2. The Balaban J connectivity index is 0.000000271. The Labute approximate surface area is 147 Å². The van der Waals surface area contributed by atoms with Crippen molar-refractivity contribution in [3.05, 3.63) is 24.3 Å². The first-order chi connectivity index (χ1) is 11.9. The number of esters is 1. The second kappa shape index (κ2) is 11.0. The normalized spacial score (nSPS) is 23.1. The summed E-state index contributed by atoms with van der Waals surface area (Å²) >= 11 is 0. The summed E-state index contributed by atoms with van der Waals surface area (Å²) in [5.74, 6) is -2.57. The van der Waals surface area contributed by atoms with Crippen LogP contribution in [0.2, 0.25) is 0 Å². The van der Waals surface area contributed by atoms with Gasteiger partial charge < -0.3 is 14.8 Å². The summed E-state index contributed by atoms with van der Waals surface area (Å²) < 4.78 is 35.0. The summed E-state index contributed by atoms with van der Waals surface area (Å²) in [6.45, 7) is 0.997. The molecule has 2 aliphatic rings. The van der Waals surface area contributed by atoms with Crippen molar-refractivity contribution in [2.24, 2.45) is 11.8 Å².